The molecule has 7 nitrogen and oxygen atoms in total. The van der Waals surface area contributed by atoms with Gasteiger partial charge in [-0.05, 0) is 29.4 Å². The summed E-state index contributed by atoms with van der Waals surface area (Å²) in [6.07, 6.45) is 0. The van der Waals surface area contributed by atoms with Crippen molar-refractivity contribution in [1.82, 2.24) is 15.5 Å². The molecule has 0 amide bonds. The first-order valence-corrected chi connectivity index (χ1v) is 5.41. The molecule has 0 fully saturated rings. The predicted octanol–water partition coefficient (Wildman–Crippen LogP) is 1.71. The Bertz CT molecular complexity index is 688. The second kappa shape index (κ2) is 4.02. The van der Waals surface area contributed by atoms with Gasteiger partial charge < -0.3 is 15.6 Å². The maximum absolute atomic E-state index is 5.76. The number of hydrogen-bond donors (Lipinski definition) is 2. The number of hydrogen-bond acceptors (Lipinski definition) is 7. The fourth-order valence-corrected chi connectivity index (χ4v) is 1.71. The van der Waals surface area contributed by atoms with Crippen LogP contribution < -0.4 is 11.1 Å². The van der Waals surface area contributed by atoms with Gasteiger partial charge in [0.25, 0.3) is 0 Å². The number of nitrogen functional groups attached to an aromatic ring is 1. The van der Waals surface area contributed by atoms with E-state index in [4.69, 9.17) is 10.3 Å². The van der Waals surface area contributed by atoms with E-state index >= 15 is 0 Å². The lowest BCUT2D eigenvalue weighted by molar-refractivity contribution is 0.315. The van der Waals surface area contributed by atoms with Gasteiger partial charge in [-0.1, -0.05) is 5.16 Å². The third-order valence-electron chi connectivity index (χ3n) is 2.58. The van der Waals surface area contributed by atoms with Gasteiger partial charge in [0, 0.05) is 6.07 Å². The SMILES string of the molecule is Cc1cc(CNc2ccc(N)c3nonc23)on1. The average Bonchev–Trinajstić information content (AvgIpc) is 2.98. The molecule has 0 aliphatic rings. The highest BCUT2D eigenvalue weighted by Crippen LogP contribution is 2.25. The molecule has 0 aliphatic heterocycles. The van der Waals surface area contributed by atoms with Gasteiger partial charge in [-0.15, -0.1) is 0 Å². The van der Waals surface area contributed by atoms with Crippen LogP contribution in [-0.2, 0) is 6.54 Å². The van der Waals surface area contributed by atoms with Crippen LogP contribution >= 0.6 is 0 Å². The van der Waals surface area contributed by atoms with E-state index in [0.717, 1.165) is 17.1 Å². The largest absolute Gasteiger partial charge is 0.397 e. The van der Waals surface area contributed by atoms with Crippen LogP contribution in [0.2, 0.25) is 0 Å². The number of nitrogens with two attached hydrogens (primary N) is 1. The van der Waals surface area contributed by atoms with Crippen LogP contribution in [0.3, 0.4) is 0 Å². The van der Waals surface area contributed by atoms with E-state index in [1.807, 2.05) is 19.1 Å². The molecule has 0 saturated heterocycles. The van der Waals surface area contributed by atoms with Crippen molar-refractivity contribution in [1.29, 1.82) is 0 Å². The summed E-state index contributed by atoms with van der Waals surface area (Å²) in [7, 11) is 0. The second-order valence-corrected chi connectivity index (χ2v) is 3.95. The first-order chi connectivity index (χ1) is 8.74. The van der Waals surface area contributed by atoms with Crippen LogP contribution in [0, 0.1) is 6.92 Å². The van der Waals surface area contributed by atoms with Crippen LogP contribution in [0.5, 0.6) is 0 Å². The Morgan fingerprint density at radius 2 is 2.06 bits per heavy atom. The molecule has 3 N–H and O–H groups in total. The molecule has 0 aliphatic carbocycles. The van der Waals surface area contributed by atoms with Crippen molar-refractivity contribution in [2.24, 2.45) is 0 Å². The predicted molar refractivity (Wildman–Crippen MR) is 64.8 cm³/mol. The van der Waals surface area contributed by atoms with Gasteiger partial charge in [-0.3, -0.25) is 0 Å². The van der Waals surface area contributed by atoms with Gasteiger partial charge >= 0.3 is 0 Å². The van der Waals surface area contributed by atoms with Gasteiger partial charge in [0.05, 0.1) is 23.6 Å². The van der Waals surface area contributed by atoms with E-state index in [0.29, 0.717) is 23.3 Å². The molecule has 18 heavy (non-hydrogen) atoms. The number of aryl methyl sites for hydroxylation is 1. The van der Waals surface area contributed by atoms with Crippen LogP contribution in [0.1, 0.15) is 11.5 Å². The van der Waals surface area contributed by atoms with E-state index in [1.54, 1.807) is 6.07 Å². The van der Waals surface area contributed by atoms with Crippen LogP contribution in [0.25, 0.3) is 11.0 Å². The Hall–Kier alpha value is -2.57. The van der Waals surface area contributed by atoms with Crippen molar-refractivity contribution in [2.45, 2.75) is 13.5 Å². The second-order valence-electron chi connectivity index (χ2n) is 3.95. The first kappa shape index (κ1) is 10.6. The lowest BCUT2D eigenvalue weighted by Gasteiger charge is -2.04. The normalized spacial score (nSPS) is 10.9. The highest BCUT2D eigenvalue weighted by atomic mass is 16.6. The lowest BCUT2D eigenvalue weighted by Crippen LogP contribution is -1.99. The van der Waals surface area contributed by atoms with Gasteiger partial charge in [0.2, 0.25) is 0 Å². The molecule has 0 unspecified atom stereocenters. The van der Waals surface area contributed by atoms with Crippen LogP contribution in [0.15, 0.2) is 27.4 Å². The molecular weight excluding hydrogens is 234 g/mol. The van der Waals surface area contributed by atoms with E-state index in [9.17, 15) is 0 Å². The monoisotopic (exact) mass is 245 g/mol. The van der Waals surface area contributed by atoms with Crippen LogP contribution in [0.4, 0.5) is 11.4 Å². The zero-order valence-electron chi connectivity index (χ0n) is 9.67. The molecule has 3 aromatic rings. The number of fused-ring (bicyclic) bond motifs is 1. The molecular formula is C11H11N5O2. The van der Waals surface area contributed by atoms with Crippen molar-refractivity contribution in [3.05, 3.63) is 29.7 Å². The third kappa shape index (κ3) is 1.75. The van der Waals surface area contributed by atoms with E-state index in [1.165, 1.54) is 0 Å². The molecule has 0 spiro atoms. The Kier molecular flexibility index (Phi) is 2.36. The minimum absolute atomic E-state index is 0.507. The summed E-state index contributed by atoms with van der Waals surface area (Å²) in [6.45, 7) is 2.38. The van der Waals surface area contributed by atoms with Gasteiger partial charge in [-0.2, -0.15) is 0 Å². The van der Waals surface area contributed by atoms with Crippen molar-refractivity contribution < 1.29 is 9.15 Å². The van der Waals surface area contributed by atoms with Crippen molar-refractivity contribution >= 4 is 22.4 Å². The Balaban J connectivity index is 1.86. The first-order valence-electron chi connectivity index (χ1n) is 5.41. The maximum Gasteiger partial charge on any atom is 0.160 e. The number of benzene rings is 1. The molecule has 7 heteroatoms. The average molecular weight is 245 g/mol. The number of aromatic nitrogens is 3. The number of anilines is 2. The molecule has 92 valence electrons. The van der Waals surface area contributed by atoms with Gasteiger partial charge in [-0.25, -0.2) is 4.63 Å². The van der Waals surface area contributed by atoms with Crippen molar-refractivity contribution in [3.8, 4) is 0 Å². The molecule has 1 aromatic carbocycles. The molecule has 0 saturated carbocycles. The summed E-state index contributed by atoms with van der Waals surface area (Å²) in [5.74, 6) is 0.744. The van der Waals surface area contributed by atoms with Gasteiger partial charge in [0.15, 0.2) is 16.8 Å². The van der Waals surface area contributed by atoms with E-state index in [-0.39, 0.29) is 0 Å². The topological polar surface area (TPSA) is 103 Å². The quantitative estimate of drug-likeness (QED) is 0.677. The number of nitrogens with one attached hydrogen (secondary N) is 1. The zero-order valence-corrected chi connectivity index (χ0v) is 9.67. The maximum atomic E-state index is 5.76. The Morgan fingerprint density at radius 3 is 2.83 bits per heavy atom. The number of rotatable bonds is 3. The summed E-state index contributed by atoms with van der Waals surface area (Å²) >= 11 is 0. The number of nitrogens with zero attached hydrogens (tertiary/aromatic N) is 3. The van der Waals surface area contributed by atoms with E-state index in [2.05, 4.69) is 25.4 Å². The molecule has 0 atom stereocenters. The molecule has 0 bridgehead atoms. The minimum atomic E-state index is 0.507. The van der Waals surface area contributed by atoms with Crippen LogP contribution in [-0.4, -0.2) is 15.5 Å². The molecule has 3 rings (SSSR count). The highest BCUT2D eigenvalue weighted by Gasteiger charge is 2.10. The summed E-state index contributed by atoms with van der Waals surface area (Å²) in [4.78, 5) is 0. The summed E-state index contributed by atoms with van der Waals surface area (Å²) in [6, 6.07) is 5.44. The molecule has 2 aromatic heterocycles. The Morgan fingerprint density at radius 1 is 1.22 bits per heavy atom. The molecule has 2 heterocycles. The fourth-order valence-electron chi connectivity index (χ4n) is 1.71. The highest BCUT2D eigenvalue weighted by molar-refractivity contribution is 5.94. The van der Waals surface area contributed by atoms with Crippen molar-refractivity contribution in [2.75, 3.05) is 11.1 Å². The summed E-state index contributed by atoms with van der Waals surface area (Å²) < 4.78 is 9.79. The van der Waals surface area contributed by atoms with Crippen molar-refractivity contribution in [3.63, 3.8) is 0 Å². The molecule has 0 radical (unpaired) electrons. The Labute approximate surface area is 102 Å². The van der Waals surface area contributed by atoms with Gasteiger partial charge in [0.1, 0.15) is 0 Å². The smallest absolute Gasteiger partial charge is 0.160 e. The lowest BCUT2D eigenvalue weighted by atomic mass is 10.2. The zero-order chi connectivity index (χ0) is 12.5. The fraction of sp³-hybridized carbons (Fsp3) is 0.182. The summed E-state index contributed by atoms with van der Waals surface area (Å²) in [5, 5.41) is 14.6. The summed E-state index contributed by atoms with van der Waals surface area (Å²) in [5.41, 5.74) is 9.08. The van der Waals surface area contributed by atoms with E-state index < -0.39 is 0 Å². The third-order valence-corrected chi connectivity index (χ3v) is 2.58. The minimum Gasteiger partial charge on any atom is -0.397 e. The standard InChI is InChI=1S/C11H11N5O2/c1-6-4-7(17-14-6)5-13-9-3-2-8(12)10-11(9)16-18-15-10/h2-4,13H,5,12H2,1H3.